The van der Waals surface area contributed by atoms with E-state index in [9.17, 15) is 0 Å². The van der Waals surface area contributed by atoms with Crippen LogP contribution in [-0.4, -0.2) is 6.10 Å². The van der Waals surface area contributed by atoms with Gasteiger partial charge >= 0.3 is 0 Å². The third kappa shape index (κ3) is 3.35. The van der Waals surface area contributed by atoms with Crippen molar-refractivity contribution < 1.29 is 4.74 Å². The molecule has 0 aliphatic carbocycles. The Labute approximate surface area is 82.7 Å². The van der Waals surface area contributed by atoms with E-state index >= 15 is 0 Å². The van der Waals surface area contributed by atoms with Crippen LogP contribution in [-0.2, 0) is 0 Å². The largest absolute Gasteiger partial charge is 0.490 e. The van der Waals surface area contributed by atoms with Crippen molar-refractivity contribution in [3.63, 3.8) is 0 Å². The maximum Gasteiger partial charge on any atom is 0.121 e. The Morgan fingerprint density at radius 2 is 2.38 bits per heavy atom. The number of nitriles is 1. The van der Waals surface area contributed by atoms with Gasteiger partial charge in [-0.25, -0.2) is 0 Å². The first-order valence-electron chi connectivity index (χ1n) is 4.01. The second-order valence-electron chi connectivity index (χ2n) is 2.75. The molecule has 0 spiro atoms. The van der Waals surface area contributed by atoms with Gasteiger partial charge in [0.1, 0.15) is 11.9 Å². The van der Waals surface area contributed by atoms with Crippen LogP contribution >= 0.6 is 11.6 Å². The van der Waals surface area contributed by atoms with E-state index in [-0.39, 0.29) is 6.10 Å². The number of ether oxygens (including phenoxy) is 1. The first-order valence-corrected chi connectivity index (χ1v) is 4.39. The van der Waals surface area contributed by atoms with Crippen LogP contribution in [0.3, 0.4) is 0 Å². The maximum atomic E-state index is 8.41. The highest BCUT2D eigenvalue weighted by molar-refractivity contribution is 6.30. The SMILES string of the molecule is CC(CC#N)Oc1cccc(Cl)c1. The summed E-state index contributed by atoms with van der Waals surface area (Å²) in [5.74, 6) is 0.704. The Morgan fingerprint density at radius 1 is 1.62 bits per heavy atom. The predicted octanol–water partition coefficient (Wildman–Crippen LogP) is 3.02. The average Bonchev–Trinajstić information content (AvgIpc) is 2.04. The molecule has 0 N–H and O–H groups in total. The van der Waals surface area contributed by atoms with Gasteiger partial charge in [0.15, 0.2) is 0 Å². The first-order chi connectivity index (χ1) is 6.22. The minimum absolute atomic E-state index is 0.0940. The summed E-state index contributed by atoms with van der Waals surface area (Å²) in [6.07, 6.45) is 0.287. The molecule has 0 aliphatic rings. The van der Waals surface area contributed by atoms with Crippen LogP contribution in [0.15, 0.2) is 24.3 Å². The second-order valence-corrected chi connectivity index (χ2v) is 3.18. The maximum absolute atomic E-state index is 8.41. The predicted molar refractivity (Wildman–Crippen MR) is 51.8 cm³/mol. The molecule has 68 valence electrons. The van der Waals surface area contributed by atoms with Crippen molar-refractivity contribution in [2.24, 2.45) is 0 Å². The zero-order chi connectivity index (χ0) is 9.68. The van der Waals surface area contributed by atoms with E-state index in [0.717, 1.165) is 0 Å². The molecule has 0 bridgehead atoms. The lowest BCUT2D eigenvalue weighted by Crippen LogP contribution is -2.10. The van der Waals surface area contributed by atoms with Crippen molar-refractivity contribution >= 4 is 11.6 Å². The summed E-state index contributed by atoms with van der Waals surface area (Å²) in [6.45, 7) is 1.85. The van der Waals surface area contributed by atoms with E-state index < -0.39 is 0 Å². The smallest absolute Gasteiger partial charge is 0.121 e. The van der Waals surface area contributed by atoms with Crippen LogP contribution in [0.1, 0.15) is 13.3 Å². The van der Waals surface area contributed by atoms with Crippen LogP contribution in [0.2, 0.25) is 5.02 Å². The van der Waals surface area contributed by atoms with E-state index in [1.54, 1.807) is 12.1 Å². The van der Waals surface area contributed by atoms with Gasteiger partial charge in [-0.15, -0.1) is 0 Å². The molecule has 1 aromatic rings. The van der Waals surface area contributed by atoms with E-state index in [1.165, 1.54) is 0 Å². The highest BCUT2D eigenvalue weighted by Crippen LogP contribution is 2.18. The fraction of sp³-hybridized carbons (Fsp3) is 0.300. The Kier molecular flexibility index (Phi) is 3.60. The molecule has 0 aromatic heterocycles. The van der Waals surface area contributed by atoms with Gasteiger partial charge in [0.2, 0.25) is 0 Å². The van der Waals surface area contributed by atoms with Crippen LogP contribution in [0, 0.1) is 11.3 Å². The van der Waals surface area contributed by atoms with E-state index in [2.05, 4.69) is 0 Å². The summed E-state index contributed by atoms with van der Waals surface area (Å²) in [5.41, 5.74) is 0. The standard InChI is InChI=1S/C10H10ClNO/c1-8(5-6-12)13-10-4-2-3-9(11)7-10/h2-4,7-8H,5H2,1H3. The van der Waals surface area contributed by atoms with Crippen molar-refractivity contribution in [3.8, 4) is 11.8 Å². The van der Waals surface area contributed by atoms with Crippen LogP contribution < -0.4 is 4.74 Å². The molecule has 1 aromatic carbocycles. The quantitative estimate of drug-likeness (QED) is 0.743. The summed E-state index contributed by atoms with van der Waals surface area (Å²) in [4.78, 5) is 0. The average molecular weight is 196 g/mol. The molecule has 3 heteroatoms. The summed E-state index contributed by atoms with van der Waals surface area (Å²) in [6, 6.07) is 9.19. The van der Waals surface area contributed by atoms with Gasteiger partial charge in [-0.1, -0.05) is 17.7 Å². The summed E-state index contributed by atoms with van der Waals surface area (Å²) < 4.78 is 5.43. The minimum Gasteiger partial charge on any atom is -0.490 e. The zero-order valence-corrected chi connectivity index (χ0v) is 8.08. The van der Waals surface area contributed by atoms with Gasteiger partial charge in [-0.2, -0.15) is 5.26 Å². The number of hydrogen-bond acceptors (Lipinski definition) is 2. The Hall–Kier alpha value is -1.20. The summed E-state index contributed by atoms with van der Waals surface area (Å²) in [5, 5.41) is 9.05. The molecule has 1 unspecified atom stereocenters. The molecule has 0 fully saturated rings. The molecule has 0 aliphatic heterocycles. The lowest BCUT2D eigenvalue weighted by atomic mass is 10.3. The van der Waals surface area contributed by atoms with E-state index in [4.69, 9.17) is 21.6 Å². The number of nitrogens with zero attached hydrogens (tertiary/aromatic N) is 1. The fourth-order valence-corrected chi connectivity index (χ4v) is 1.12. The highest BCUT2D eigenvalue weighted by Gasteiger charge is 2.02. The van der Waals surface area contributed by atoms with Gasteiger partial charge < -0.3 is 4.74 Å². The molecule has 1 rings (SSSR count). The van der Waals surface area contributed by atoms with Gasteiger partial charge in [-0.3, -0.25) is 0 Å². The van der Waals surface area contributed by atoms with Crippen molar-refractivity contribution in [3.05, 3.63) is 29.3 Å². The number of hydrogen-bond donors (Lipinski definition) is 0. The van der Waals surface area contributed by atoms with Crippen molar-refractivity contribution in [2.75, 3.05) is 0 Å². The summed E-state index contributed by atoms with van der Waals surface area (Å²) in [7, 11) is 0. The van der Waals surface area contributed by atoms with Gasteiger partial charge in [0.25, 0.3) is 0 Å². The van der Waals surface area contributed by atoms with Crippen LogP contribution in [0.5, 0.6) is 5.75 Å². The molecular weight excluding hydrogens is 186 g/mol. The monoisotopic (exact) mass is 195 g/mol. The lowest BCUT2D eigenvalue weighted by molar-refractivity contribution is 0.227. The van der Waals surface area contributed by atoms with Gasteiger partial charge in [-0.05, 0) is 25.1 Å². The normalized spacial score (nSPS) is 11.8. The molecular formula is C10H10ClNO. The number of benzene rings is 1. The highest BCUT2D eigenvalue weighted by atomic mass is 35.5. The molecule has 0 saturated carbocycles. The number of rotatable bonds is 3. The first kappa shape index (κ1) is 9.88. The molecule has 1 atom stereocenters. The molecule has 2 nitrogen and oxygen atoms in total. The Bertz CT molecular complexity index is 319. The lowest BCUT2D eigenvalue weighted by Gasteiger charge is -2.10. The second kappa shape index (κ2) is 4.74. The topological polar surface area (TPSA) is 33.0 Å². The third-order valence-electron chi connectivity index (χ3n) is 1.51. The fourth-order valence-electron chi connectivity index (χ4n) is 0.943. The Balaban J connectivity index is 2.59. The third-order valence-corrected chi connectivity index (χ3v) is 1.75. The van der Waals surface area contributed by atoms with Crippen LogP contribution in [0.4, 0.5) is 0 Å². The number of halogens is 1. The van der Waals surface area contributed by atoms with Crippen molar-refractivity contribution in [2.45, 2.75) is 19.4 Å². The van der Waals surface area contributed by atoms with Gasteiger partial charge in [0, 0.05) is 5.02 Å². The molecule has 0 radical (unpaired) electrons. The van der Waals surface area contributed by atoms with Crippen molar-refractivity contribution in [1.82, 2.24) is 0 Å². The van der Waals surface area contributed by atoms with Crippen molar-refractivity contribution in [1.29, 1.82) is 5.26 Å². The minimum atomic E-state index is -0.0940. The van der Waals surface area contributed by atoms with E-state index in [1.807, 2.05) is 25.1 Å². The van der Waals surface area contributed by atoms with Gasteiger partial charge in [0.05, 0.1) is 12.5 Å². The molecule has 0 saturated heterocycles. The molecule has 13 heavy (non-hydrogen) atoms. The zero-order valence-electron chi connectivity index (χ0n) is 7.33. The molecule has 0 heterocycles. The molecule has 0 amide bonds. The van der Waals surface area contributed by atoms with E-state index in [0.29, 0.717) is 17.2 Å². The Morgan fingerprint density at radius 3 is 3.00 bits per heavy atom. The van der Waals surface area contributed by atoms with Crippen LogP contribution in [0.25, 0.3) is 0 Å². The summed E-state index contributed by atoms with van der Waals surface area (Å²) >= 11 is 5.76.